The summed E-state index contributed by atoms with van der Waals surface area (Å²) >= 11 is 2.95. The molecule has 0 radical (unpaired) electrons. The Kier molecular flexibility index (Phi) is 5.58. The number of nitrogens with one attached hydrogen (secondary N) is 1. The van der Waals surface area contributed by atoms with Gasteiger partial charge >= 0.3 is 0 Å². The minimum Gasteiger partial charge on any atom is -0.301 e. The highest BCUT2D eigenvalue weighted by Gasteiger charge is 2.18. The number of fused-ring (bicyclic) bond motifs is 1. The van der Waals surface area contributed by atoms with Crippen LogP contribution >= 0.6 is 23.1 Å². The quantitative estimate of drug-likeness (QED) is 0.464. The standard InChI is InChI=1S/C21H24N2O2S2/c1-12(24)10-11-26-20-22-18(25)17-16(13(2)27-19(17)23-20)14-6-8-15(9-7-14)21(3,4)5/h6-9H,10-11H2,1-5H3,(H,22,23,25). The molecule has 3 rings (SSSR count). The van der Waals surface area contributed by atoms with Crippen molar-refractivity contribution in [2.24, 2.45) is 0 Å². The number of aryl methyl sites for hydroxylation is 1. The molecule has 0 saturated heterocycles. The zero-order chi connectivity index (χ0) is 19.8. The molecular formula is C21H24N2O2S2. The summed E-state index contributed by atoms with van der Waals surface area (Å²) in [5.74, 6) is 0.758. The average molecular weight is 401 g/mol. The fraction of sp³-hybridized carbons (Fsp3) is 0.381. The van der Waals surface area contributed by atoms with Gasteiger partial charge in [0.1, 0.15) is 10.6 Å². The third-order valence-electron chi connectivity index (χ3n) is 4.45. The van der Waals surface area contributed by atoms with E-state index in [1.807, 2.05) is 6.92 Å². The molecule has 0 spiro atoms. The van der Waals surface area contributed by atoms with E-state index in [4.69, 9.17) is 0 Å². The van der Waals surface area contributed by atoms with Crippen molar-refractivity contribution in [1.29, 1.82) is 0 Å². The molecule has 27 heavy (non-hydrogen) atoms. The van der Waals surface area contributed by atoms with Gasteiger partial charge in [0.15, 0.2) is 5.16 Å². The molecule has 142 valence electrons. The zero-order valence-electron chi connectivity index (χ0n) is 16.3. The molecule has 0 aliphatic carbocycles. The van der Waals surface area contributed by atoms with Gasteiger partial charge in [-0.25, -0.2) is 4.98 Å². The van der Waals surface area contributed by atoms with Crippen molar-refractivity contribution in [2.75, 3.05) is 5.75 Å². The van der Waals surface area contributed by atoms with Crippen LogP contribution in [-0.2, 0) is 10.2 Å². The Balaban J connectivity index is 2.01. The van der Waals surface area contributed by atoms with E-state index in [1.54, 1.807) is 18.3 Å². The van der Waals surface area contributed by atoms with Crippen LogP contribution in [0.3, 0.4) is 0 Å². The lowest BCUT2D eigenvalue weighted by Crippen LogP contribution is -2.11. The van der Waals surface area contributed by atoms with Crippen LogP contribution in [-0.4, -0.2) is 21.5 Å². The molecule has 0 fully saturated rings. The number of thiophene rings is 1. The van der Waals surface area contributed by atoms with Crippen LogP contribution in [0.5, 0.6) is 0 Å². The second-order valence-corrected chi connectivity index (χ2v) is 10.00. The Bertz CT molecular complexity index is 1040. The summed E-state index contributed by atoms with van der Waals surface area (Å²) in [6, 6.07) is 8.44. The summed E-state index contributed by atoms with van der Waals surface area (Å²) in [6.07, 6.45) is 0.473. The first-order valence-corrected chi connectivity index (χ1v) is 10.7. The number of thioether (sulfide) groups is 1. The van der Waals surface area contributed by atoms with Gasteiger partial charge in [-0.1, -0.05) is 56.8 Å². The van der Waals surface area contributed by atoms with E-state index in [9.17, 15) is 9.59 Å². The van der Waals surface area contributed by atoms with Gasteiger partial charge in [-0.2, -0.15) is 0 Å². The number of carbonyl (C=O) groups is 1. The summed E-state index contributed by atoms with van der Waals surface area (Å²) in [4.78, 5) is 33.2. The molecule has 2 heterocycles. The Morgan fingerprint density at radius 2 is 1.89 bits per heavy atom. The number of carbonyl (C=O) groups excluding carboxylic acids is 1. The first-order valence-electron chi connectivity index (χ1n) is 8.93. The largest absolute Gasteiger partial charge is 0.301 e. The maximum atomic E-state index is 12.8. The Hall–Kier alpha value is -1.92. The Morgan fingerprint density at radius 1 is 1.22 bits per heavy atom. The first-order chi connectivity index (χ1) is 12.7. The van der Waals surface area contributed by atoms with Crippen molar-refractivity contribution in [3.8, 4) is 11.1 Å². The van der Waals surface area contributed by atoms with E-state index in [1.165, 1.54) is 17.3 Å². The molecule has 0 bridgehead atoms. The summed E-state index contributed by atoms with van der Waals surface area (Å²) < 4.78 is 0. The molecule has 6 heteroatoms. The third-order valence-corrected chi connectivity index (χ3v) is 6.32. The van der Waals surface area contributed by atoms with Crippen LogP contribution in [0.1, 0.15) is 44.6 Å². The van der Waals surface area contributed by atoms with E-state index in [0.717, 1.165) is 20.8 Å². The zero-order valence-corrected chi connectivity index (χ0v) is 17.9. The Morgan fingerprint density at radius 3 is 2.48 bits per heavy atom. The minimum absolute atomic E-state index is 0.0926. The van der Waals surface area contributed by atoms with Crippen LogP contribution < -0.4 is 5.56 Å². The molecule has 1 N–H and O–H groups in total. The van der Waals surface area contributed by atoms with Crippen molar-refractivity contribution in [3.05, 3.63) is 45.1 Å². The molecule has 0 aliphatic rings. The highest BCUT2D eigenvalue weighted by Crippen LogP contribution is 2.37. The number of aromatic amines is 1. The van der Waals surface area contributed by atoms with Gasteiger partial charge in [-0.3, -0.25) is 9.59 Å². The normalized spacial score (nSPS) is 11.9. The lowest BCUT2D eigenvalue weighted by Gasteiger charge is -2.19. The fourth-order valence-electron chi connectivity index (χ4n) is 2.94. The maximum absolute atomic E-state index is 12.8. The monoisotopic (exact) mass is 400 g/mol. The van der Waals surface area contributed by atoms with E-state index < -0.39 is 0 Å². The number of Topliss-reactive ketones (excluding diaryl/α,β-unsaturated/α-hetero) is 1. The SMILES string of the molecule is CC(=O)CCSc1nc2sc(C)c(-c3ccc(C(C)(C)C)cc3)c2c(=O)[nH]1. The van der Waals surface area contributed by atoms with Crippen molar-refractivity contribution < 1.29 is 4.79 Å². The second kappa shape index (κ2) is 7.60. The summed E-state index contributed by atoms with van der Waals surface area (Å²) in [5, 5.41) is 1.22. The predicted molar refractivity (Wildman–Crippen MR) is 115 cm³/mol. The molecule has 0 aliphatic heterocycles. The van der Waals surface area contributed by atoms with Gasteiger partial charge < -0.3 is 4.98 Å². The van der Waals surface area contributed by atoms with Crippen molar-refractivity contribution in [2.45, 2.75) is 51.6 Å². The smallest absolute Gasteiger partial charge is 0.260 e. The molecule has 0 amide bonds. The molecule has 0 atom stereocenters. The van der Waals surface area contributed by atoms with Gasteiger partial charge in [-0.15, -0.1) is 11.3 Å². The number of hydrogen-bond acceptors (Lipinski definition) is 5. The molecule has 0 saturated carbocycles. The van der Waals surface area contributed by atoms with Gasteiger partial charge in [0.25, 0.3) is 5.56 Å². The number of ketones is 1. The van der Waals surface area contributed by atoms with Crippen molar-refractivity contribution in [1.82, 2.24) is 9.97 Å². The summed E-state index contributed by atoms with van der Waals surface area (Å²) in [5.41, 5.74) is 3.24. The molecular weight excluding hydrogens is 376 g/mol. The number of hydrogen-bond donors (Lipinski definition) is 1. The second-order valence-electron chi connectivity index (χ2n) is 7.71. The lowest BCUT2D eigenvalue weighted by atomic mass is 9.86. The summed E-state index contributed by atoms with van der Waals surface area (Å²) in [6.45, 7) is 10.2. The van der Waals surface area contributed by atoms with Crippen LogP contribution in [0.4, 0.5) is 0 Å². The van der Waals surface area contributed by atoms with Crippen molar-refractivity contribution >= 4 is 39.1 Å². The molecule has 2 aromatic heterocycles. The van der Waals surface area contributed by atoms with Gasteiger partial charge in [0.2, 0.25) is 0 Å². The topological polar surface area (TPSA) is 62.8 Å². The minimum atomic E-state index is -0.121. The summed E-state index contributed by atoms with van der Waals surface area (Å²) in [7, 11) is 0. The van der Waals surface area contributed by atoms with E-state index in [0.29, 0.717) is 22.7 Å². The molecule has 3 aromatic rings. The number of aromatic nitrogens is 2. The highest BCUT2D eigenvalue weighted by atomic mass is 32.2. The van der Waals surface area contributed by atoms with Crippen LogP contribution in [0.2, 0.25) is 0 Å². The number of rotatable bonds is 5. The van der Waals surface area contributed by atoms with Crippen LogP contribution in [0.15, 0.2) is 34.2 Å². The van der Waals surface area contributed by atoms with E-state index in [2.05, 4.69) is 55.0 Å². The van der Waals surface area contributed by atoms with Crippen LogP contribution in [0.25, 0.3) is 21.3 Å². The number of H-pyrrole nitrogens is 1. The van der Waals surface area contributed by atoms with Crippen molar-refractivity contribution in [3.63, 3.8) is 0 Å². The molecule has 0 unspecified atom stereocenters. The average Bonchev–Trinajstić information content (AvgIpc) is 2.90. The van der Waals surface area contributed by atoms with Crippen LogP contribution in [0, 0.1) is 6.92 Å². The highest BCUT2D eigenvalue weighted by molar-refractivity contribution is 7.99. The number of nitrogens with zero attached hydrogens (tertiary/aromatic N) is 1. The van der Waals surface area contributed by atoms with Gasteiger partial charge in [0, 0.05) is 22.6 Å². The van der Waals surface area contributed by atoms with Gasteiger partial charge in [-0.05, 0) is 30.4 Å². The maximum Gasteiger partial charge on any atom is 0.260 e. The van der Waals surface area contributed by atoms with E-state index in [-0.39, 0.29) is 16.8 Å². The predicted octanol–water partition coefficient (Wildman–Crippen LogP) is 5.33. The Labute approximate surface area is 167 Å². The van der Waals surface area contributed by atoms with Gasteiger partial charge in [0.05, 0.1) is 5.39 Å². The molecule has 1 aromatic carbocycles. The number of benzene rings is 1. The fourth-order valence-corrected chi connectivity index (χ4v) is 4.95. The lowest BCUT2D eigenvalue weighted by molar-refractivity contribution is -0.116. The first kappa shape index (κ1) is 19.8. The third kappa shape index (κ3) is 4.33. The molecule has 4 nitrogen and oxygen atoms in total. The van der Waals surface area contributed by atoms with E-state index >= 15 is 0 Å².